The number of aromatic nitrogens is 1. The Morgan fingerprint density at radius 2 is 2.15 bits per heavy atom. The van der Waals surface area contributed by atoms with E-state index in [1.165, 1.54) is 6.07 Å². The molecule has 1 heterocycles. The van der Waals surface area contributed by atoms with E-state index >= 15 is 0 Å². The summed E-state index contributed by atoms with van der Waals surface area (Å²) < 4.78 is 19.5. The van der Waals surface area contributed by atoms with Crippen molar-refractivity contribution in [3.05, 3.63) is 59.7 Å². The molecular weight excluding hydrogens is 255 g/mol. The molecule has 2 unspecified atom stereocenters. The number of pyridine rings is 1. The van der Waals surface area contributed by atoms with Gasteiger partial charge in [0.2, 0.25) is 0 Å². The lowest BCUT2D eigenvalue weighted by Gasteiger charge is -2.24. The molecule has 2 N–H and O–H groups in total. The summed E-state index contributed by atoms with van der Waals surface area (Å²) in [4.78, 5) is 4.09. The molecule has 0 bridgehead atoms. The molecule has 0 radical (unpaired) electrons. The summed E-state index contributed by atoms with van der Waals surface area (Å²) >= 11 is 0. The lowest BCUT2D eigenvalue weighted by atomic mass is 10.0. The third kappa shape index (κ3) is 3.33. The molecule has 4 heteroatoms. The first-order valence-corrected chi connectivity index (χ1v) is 6.70. The number of hydrogen-bond donors (Lipinski definition) is 1. The molecule has 0 saturated carbocycles. The number of hydrogen-bond acceptors (Lipinski definition) is 3. The quantitative estimate of drug-likeness (QED) is 0.909. The van der Waals surface area contributed by atoms with Crippen LogP contribution in [0.4, 0.5) is 4.39 Å². The fourth-order valence-corrected chi connectivity index (χ4v) is 1.95. The summed E-state index contributed by atoms with van der Waals surface area (Å²) in [5.41, 5.74) is 7.60. The highest BCUT2D eigenvalue weighted by Gasteiger charge is 2.21. The molecule has 0 fully saturated rings. The van der Waals surface area contributed by atoms with E-state index in [4.69, 9.17) is 10.5 Å². The van der Waals surface area contributed by atoms with Crippen molar-refractivity contribution in [2.45, 2.75) is 32.4 Å². The van der Waals surface area contributed by atoms with Gasteiger partial charge >= 0.3 is 0 Å². The van der Waals surface area contributed by atoms with Crippen molar-refractivity contribution >= 4 is 0 Å². The number of ether oxygens (including phenoxy) is 1. The van der Waals surface area contributed by atoms with Gasteiger partial charge in [0.05, 0.1) is 0 Å². The molecule has 3 nitrogen and oxygen atoms in total. The molecule has 0 aliphatic carbocycles. The van der Waals surface area contributed by atoms with Gasteiger partial charge in [0.15, 0.2) is 0 Å². The van der Waals surface area contributed by atoms with Crippen LogP contribution in [-0.4, -0.2) is 11.0 Å². The van der Waals surface area contributed by atoms with Gasteiger partial charge < -0.3 is 10.5 Å². The molecule has 0 aliphatic heterocycles. The molecule has 0 spiro atoms. The first kappa shape index (κ1) is 14.5. The van der Waals surface area contributed by atoms with Gasteiger partial charge in [0.1, 0.15) is 17.7 Å². The molecule has 0 saturated heterocycles. The van der Waals surface area contributed by atoms with Crippen LogP contribution < -0.4 is 10.5 Å². The smallest absolute Gasteiger partial charge is 0.140 e. The standard InChI is InChI=1S/C16H19FN2O/c1-3-15(18)16(12-5-4-8-19-10-12)20-13-7-6-11(2)14(17)9-13/h4-10,15-16H,3,18H2,1-2H3. The van der Waals surface area contributed by atoms with Gasteiger partial charge in [-0.3, -0.25) is 4.98 Å². The van der Waals surface area contributed by atoms with Crippen LogP contribution in [0.1, 0.15) is 30.6 Å². The van der Waals surface area contributed by atoms with Crippen LogP contribution in [0.5, 0.6) is 5.75 Å². The number of rotatable bonds is 5. The van der Waals surface area contributed by atoms with Gasteiger partial charge in [-0.15, -0.1) is 0 Å². The van der Waals surface area contributed by atoms with E-state index in [0.717, 1.165) is 12.0 Å². The second-order valence-corrected chi connectivity index (χ2v) is 4.81. The molecular formula is C16H19FN2O. The second-order valence-electron chi connectivity index (χ2n) is 4.81. The minimum atomic E-state index is -0.337. The van der Waals surface area contributed by atoms with E-state index in [0.29, 0.717) is 11.3 Å². The fraction of sp³-hybridized carbons (Fsp3) is 0.312. The minimum Gasteiger partial charge on any atom is -0.484 e. The zero-order valence-corrected chi connectivity index (χ0v) is 11.7. The highest BCUT2D eigenvalue weighted by molar-refractivity contribution is 5.29. The van der Waals surface area contributed by atoms with Gasteiger partial charge in [-0.05, 0) is 31.0 Å². The maximum absolute atomic E-state index is 13.6. The lowest BCUT2D eigenvalue weighted by Crippen LogP contribution is -2.31. The van der Waals surface area contributed by atoms with E-state index in [1.807, 2.05) is 19.1 Å². The zero-order chi connectivity index (χ0) is 14.5. The normalized spacial score (nSPS) is 13.8. The Bertz CT molecular complexity index is 560. The maximum atomic E-state index is 13.6. The van der Waals surface area contributed by atoms with Gasteiger partial charge in [-0.25, -0.2) is 4.39 Å². The summed E-state index contributed by atoms with van der Waals surface area (Å²) in [5, 5.41) is 0. The van der Waals surface area contributed by atoms with Crippen LogP contribution in [0, 0.1) is 12.7 Å². The second kappa shape index (κ2) is 6.48. The molecule has 20 heavy (non-hydrogen) atoms. The zero-order valence-electron chi connectivity index (χ0n) is 11.7. The molecule has 0 amide bonds. The first-order chi connectivity index (χ1) is 9.61. The summed E-state index contributed by atoms with van der Waals surface area (Å²) in [6.45, 7) is 3.71. The average molecular weight is 274 g/mol. The monoisotopic (exact) mass is 274 g/mol. The van der Waals surface area contributed by atoms with Crippen molar-refractivity contribution in [2.24, 2.45) is 5.73 Å². The fourth-order valence-electron chi connectivity index (χ4n) is 1.95. The summed E-state index contributed by atoms with van der Waals surface area (Å²) in [7, 11) is 0. The van der Waals surface area contributed by atoms with Gasteiger partial charge in [-0.2, -0.15) is 0 Å². The Hall–Kier alpha value is -1.94. The largest absolute Gasteiger partial charge is 0.484 e. The van der Waals surface area contributed by atoms with Crippen LogP contribution in [-0.2, 0) is 0 Å². The molecule has 0 aliphatic rings. The van der Waals surface area contributed by atoms with Crippen molar-refractivity contribution in [1.29, 1.82) is 0 Å². The van der Waals surface area contributed by atoms with Gasteiger partial charge in [0, 0.05) is 30.1 Å². The third-order valence-electron chi connectivity index (χ3n) is 3.28. The van der Waals surface area contributed by atoms with Crippen LogP contribution in [0.15, 0.2) is 42.7 Å². The Balaban J connectivity index is 2.26. The molecule has 106 valence electrons. The van der Waals surface area contributed by atoms with Crippen molar-refractivity contribution in [3.63, 3.8) is 0 Å². The average Bonchev–Trinajstić information content (AvgIpc) is 2.48. The van der Waals surface area contributed by atoms with Crippen LogP contribution in [0.25, 0.3) is 0 Å². The summed E-state index contributed by atoms with van der Waals surface area (Å²) in [6.07, 6.45) is 3.85. The Labute approximate surface area is 118 Å². The summed E-state index contributed by atoms with van der Waals surface area (Å²) in [5.74, 6) is 0.198. The van der Waals surface area contributed by atoms with Crippen LogP contribution in [0.3, 0.4) is 0 Å². The number of halogens is 1. The van der Waals surface area contributed by atoms with Crippen LogP contribution in [0.2, 0.25) is 0 Å². The first-order valence-electron chi connectivity index (χ1n) is 6.70. The number of aryl methyl sites for hydroxylation is 1. The van der Waals surface area contributed by atoms with E-state index in [9.17, 15) is 4.39 Å². The topological polar surface area (TPSA) is 48.1 Å². The number of nitrogens with two attached hydrogens (primary N) is 1. The highest BCUT2D eigenvalue weighted by Crippen LogP contribution is 2.26. The minimum absolute atomic E-state index is 0.177. The van der Waals surface area contributed by atoms with Crippen molar-refractivity contribution in [2.75, 3.05) is 0 Å². The van der Waals surface area contributed by atoms with E-state index in [-0.39, 0.29) is 18.0 Å². The Kier molecular flexibility index (Phi) is 4.69. The van der Waals surface area contributed by atoms with E-state index in [2.05, 4.69) is 4.98 Å². The number of benzene rings is 1. The Morgan fingerprint density at radius 1 is 1.35 bits per heavy atom. The molecule has 2 aromatic rings. The van der Waals surface area contributed by atoms with Crippen molar-refractivity contribution in [3.8, 4) is 5.75 Å². The maximum Gasteiger partial charge on any atom is 0.140 e. The predicted molar refractivity (Wildman–Crippen MR) is 77.0 cm³/mol. The van der Waals surface area contributed by atoms with Gasteiger partial charge in [0.25, 0.3) is 0 Å². The molecule has 2 rings (SSSR count). The summed E-state index contributed by atoms with van der Waals surface area (Å²) in [6, 6.07) is 8.42. The van der Waals surface area contributed by atoms with Crippen molar-refractivity contribution in [1.82, 2.24) is 4.98 Å². The molecule has 2 atom stereocenters. The van der Waals surface area contributed by atoms with E-state index in [1.54, 1.807) is 31.5 Å². The third-order valence-corrected chi connectivity index (χ3v) is 3.28. The SMILES string of the molecule is CCC(N)C(Oc1ccc(C)c(F)c1)c1cccnc1. The van der Waals surface area contributed by atoms with Gasteiger partial charge in [-0.1, -0.05) is 19.1 Å². The predicted octanol–water partition coefficient (Wildman–Crippen LogP) is 3.39. The highest BCUT2D eigenvalue weighted by atomic mass is 19.1. The molecule has 1 aromatic carbocycles. The van der Waals surface area contributed by atoms with Crippen molar-refractivity contribution < 1.29 is 9.13 Å². The lowest BCUT2D eigenvalue weighted by molar-refractivity contribution is 0.170. The number of nitrogens with zero attached hydrogens (tertiary/aromatic N) is 1. The Morgan fingerprint density at radius 3 is 2.75 bits per heavy atom. The van der Waals surface area contributed by atoms with E-state index < -0.39 is 0 Å². The van der Waals surface area contributed by atoms with Crippen LogP contribution >= 0.6 is 0 Å². The molecule has 1 aromatic heterocycles.